The molecule has 0 spiro atoms. The van der Waals surface area contributed by atoms with Crippen LogP contribution in [0.4, 0.5) is 0 Å². The number of hydrogen-bond acceptors (Lipinski definition) is 8. The van der Waals surface area contributed by atoms with Gasteiger partial charge in [0, 0.05) is 17.7 Å². The number of fused-ring (bicyclic) bond motifs is 1. The minimum Gasteiger partial charge on any atom is -0.458 e. The highest BCUT2D eigenvalue weighted by atomic mass is 32.1. The van der Waals surface area contributed by atoms with Crippen molar-refractivity contribution in [3.05, 3.63) is 21.7 Å². The van der Waals surface area contributed by atoms with Crippen LogP contribution in [-0.4, -0.2) is 57.0 Å². The Morgan fingerprint density at radius 3 is 2.58 bits per heavy atom. The fourth-order valence-electron chi connectivity index (χ4n) is 5.29. The number of aryl methyl sites for hydroxylation is 1. The van der Waals surface area contributed by atoms with E-state index in [0.717, 1.165) is 35.5 Å². The number of ketones is 1. The molecule has 2 fully saturated rings. The molecular weight excluding hydrogens is 478 g/mol. The maximum Gasteiger partial charge on any atom is 0.309 e. The number of hydrogen-bond donors (Lipinski definition) is 2. The Balaban J connectivity index is 1.87. The third-order valence-corrected chi connectivity index (χ3v) is 8.98. The summed E-state index contributed by atoms with van der Waals surface area (Å²) < 4.78 is 12.0. The normalized spacial score (nSPS) is 36.8. The number of epoxide rings is 1. The van der Waals surface area contributed by atoms with Gasteiger partial charge < -0.3 is 19.7 Å². The van der Waals surface area contributed by atoms with E-state index in [1.54, 1.807) is 25.2 Å². The van der Waals surface area contributed by atoms with E-state index in [4.69, 9.17) is 9.47 Å². The molecule has 0 radical (unpaired) electrons. The van der Waals surface area contributed by atoms with Crippen LogP contribution in [0.2, 0.25) is 0 Å². The van der Waals surface area contributed by atoms with Crippen molar-refractivity contribution in [2.75, 3.05) is 0 Å². The van der Waals surface area contributed by atoms with Crippen molar-refractivity contribution in [3.63, 3.8) is 0 Å². The molecule has 0 bridgehead atoms. The molecule has 0 aliphatic carbocycles. The molecule has 3 rings (SSSR count). The number of ether oxygens (including phenoxy) is 2. The zero-order valence-electron chi connectivity index (χ0n) is 22.7. The van der Waals surface area contributed by atoms with E-state index in [1.807, 2.05) is 39.2 Å². The van der Waals surface area contributed by atoms with Gasteiger partial charge in [-0.15, -0.1) is 11.3 Å². The van der Waals surface area contributed by atoms with Crippen LogP contribution in [0.5, 0.6) is 0 Å². The van der Waals surface area contributed by atoms with Gasteiger partial charge in [0.2, 0.25) is 0 Å². The van der Waals surface area contributed by atoms with Gasteiger partial charge in [0.15, 0.2) is 0 Å². The number of carbonyl (C=O) groups excluding carboxylic acids is 2. The van der Waals surface area contributed by atoms with E-state index in [9.17, 15) is 19.8 Å². The van der Waals surface area contributed by atoms with Crippen LogP contribution in [0.1, 0.15) is 90.8 Å². The summed E-state index contributed by atoms with van der Waals surface area (Å²) in [5, 5.41) is 24.9. The van der Waals surface area contributed by atoms with Crippen LogP contribution < -0.4 is 0 Å². The Bertz CT molecular complexity index is 971. The Morgan fingerprint density at radius 1 is 1.28 bits per heavy atom. The SMILES string of the molecule is CC[C@H]1C(=O)C(C)(C)[C@@H](O)CC(=O)O[C@H](C(C)=Cc2csc(C)n2)CC2OC2(C)CCC[C@H](C)[C@H]1O. The number of aliphatic hydroxyl groups is 2. The number of cyclic esters (lactones) is 1. The summed E-state index contributed by atoms with van der Waals surface area (Å²) in [5.41, 5.74) is 0.183. The highest BCUT2D eigenvalue weighted by molar-refractivity contribution is 7.09. The fourth-order valence-corrected chi connectivity index (χ4v) is 5.86. The molecule has 2 unspecified atom stereocenters. The minimum absolute atomic E-state index is 0.0460. The number of rotatable bonds is 3. The van der Waals surface area contributed by atoms with Crippen LogP contribution >= 0.6 is 11.3 Å². The number of carbonyl (C=O) groups is 2. The highest BCUT2D eigenvalue weighted by Gasteiger charge is 2.53. The van der Waals surface area contributed by atoms with E-state index in [0.29, 0.717) is 12.8 Å². The average Bonchev–Trinajstić information content (AvgIpc) is 3.24. The second kappa shape index (κ2) is 11.4. The third-order valence-electron chi connectivity index (χ3n) is 8.19. The zero-order valence-corrected chi connectivity index (χ0v) is 23.6. The van der Waals surface area contributed by atoms with Gasteiger partial charge in [0.1, 0.15) is 11.9 Å². The molecule has 202 valence electrons. The standard InChI is InChI=1S/C28H43NO6S/c1-8-20-25(32)16(2)10-9-11-28(7)23(35-28)13-21(17(3)12-19-15-36-18(4)29-19)34-24(31)14-22(30)27(5,6)26(20)33/h12,15-16,20-23,25,30,32H,8-11,13-14H2,1-7H3/t16-,20+,21-,22-,23?,25+,28?/m0/s1. The molecule has 7 nitrogen and oxygen atoms in total. The molecule has 36 heavy (non-hydrogen) atoms. The van der Waals surface area contributed by atoms with Crippen LogP contribution in [0, 0.1) is 24.2 Å². The van der Waals surface area contributed by atoms with E-state index in [-0.39, 0.29) is 29.8 Å². The maximum absolute atomic E-state index is 13.4. The number of aliphatic hydroxyl groups excluding tert-OH is 2. The first-order valence-electron chi connectivity index (χ1n) is 13.2. The molecule has 2 aliphatic heterocycles. The monoisotopic (exact) mass is 521 g/mol. The lowest BCUT2D eigenvalue weighted by atomic mass is 9.71. The van der Waals surface area contributed by atoms with Gasteiger partial charge >= 0.3 is 5.97 Å². The molecule has 0 aromatic carbocycles. The summed E-state index contributed by atoms with van der Waals surface area (Å²) in [5.74, 6) is -1.45. The third kappa shape index (κ3) is 6.63. The smallest absolute Gasteiger partial charge is 0.309 e. The average molecular weight is 522 g/mol. The van der Waals surface area contributed by atoms with Crippen molar-refractivity contribution in [1.29, 1.82) is 0 Å². The van der Waals surface area contributed by atoms with Crippen LogP contribution in [0.3, 0.4) is 0 Å². The maximum atomic E-state index is 13.4. The summed E-state index contributed by atoms with van der Waals surface area (Å²) in [4.78, 5) is 30.9. The summed E-state index contributed by atoms with van der Waals surface area (Å²) in [6.45, 7) is 13.1. The predicted octanol–water partition coefficient (Wildman–Crippen LogP) is 4.87. The lowest BCUT2D eigenvalue weighted by Gasteiger charge is -2.35. The van der Waals surface area contributed by atoms with Crippen molar-refractivity contribution in [3.8, 4) is 0 Å². The molecule has 2 saturated heterocycles. The molecule has 8 heteroatoms. The van der Waals surface area contributed by atoms with Gasteiger partial charge in [0.25, 0.3) is 0 Å². The highest BCUT2D eigenvalue weighted by Crippen LogP contribution is 2.45. The summed E-state index contributed by atoms with van der Waals surface area (Å²) >= 11 is 1.56. The lowest BCUT2D eigenvalue weighted by molar-refractivity contribution is -0.154. The topological polar surface area (TPSA) is 109 Å². The van der Waals surface area contributed by atoms with Crippen molar-refractivity contribution in [2.45, 2.75) is 117 Å². The molecule has 3 heterocycles. The van der Waals surface area contributed by atoms with E-state index < -0.39 is 35.6 Å². The summed E-state index contributed by atoms with van der Waals surface area (Å²) in [7, 11) is 0. The number of thiazole rings is 1. The van der Waals surface area contributed by atoms with Crippen LogP contribution in [0.15, 0.2) is 11.0 Å². The molecule has 0 saturated carbocycles. The van der Waals surface area contributed by atoms with Gasteiger partial charge in [-0.25, -0.2) is 4.98 Å². The fraction of sp³-hybridized carbons (Fsp3) is 0.750. The molecule has 2 N–H and O–H groups in total. The first-order chi connectivity index (χ1) is 16.8. The van der Waals surface area contributed by atoms with Crippen LogP contribution in [-0.2, 0) is 19.1 Å². The Kier molecular flexibility index (Phi) is 9.18. The van der Waals surface area contributed by atoms with Crippen molar-refractivity contribution in [1.82, 2.24) is 4.98 Å². The zero-order chi connectivity index (χ0) is 26.8. The van der Waals surface area contributed by atoms with Gasteiger partial charge in [-0.2, -0.15) is 0 Å². The van der Waals surface area contributed by atoms with E-state index in [1.165, 1.54) is 0 Å². The summed E-state index contributed by atoms with van der Waals surface area (Å²) in [6, 6.07) is 0. The summed E-state index contributed by atoms with van der Waals surface area (Å²) in [6.07, 6.45) is 2.49. The molecule has 7 atom stereocenters. The largest absolute Gasteiger partial charge is 0.458 e. The minimum atomic E-state index is -1.23. The lowest BCUT2D eigenvalue weighted by Crippen LogP contribution is -2.46. The second-order valence-corrected chi connectivity index (χ2v) is 12.6. The quantitative estimate of drug-likeness (QED) is 0.431. The molecule has 1 aromatic rings. The van der Waals surface area contributed by atoms with Gasteiger partial charge in [-0.05, 0) is 57.6 Å². The van der Waals surface area contributed by atoms with E-state index >= 15 is 0 Å². The van der Waals surface area contributed by atoms with Gasteiger partial charge in [-0.3, -0.25) is 9.59 Å². The Labute approximate surface area is 219 Å². The predicted molar refractivity (Wildman–Crippen MR) is 140 cm³/mol. The Morgan fingerprint density at radius 2 is 1.97 bits per heavy atom. The molecule has 1 aromatic heterocycles. The number of aromatic nitrogens is 1. The first kappa shape index (κ1) is 29.0. The van der Waals surface area contributed by atoms with Crippen LogP contribution in [0.25, 0.3) is 6.08 Å². The first-order valence-corrected chi connectivity index (χ1v) is 14.0. The number of esters is 1. The van der Waals surface area contributed by atoms with Crippen molar-refractivity contribution >= 4 is 29.2 Å². The van der Waals surface area contributed by atoms with Crippen molar-refractivity contribution in [2.24, 2.45) is 17.3 Å². The van der Waals surface area contributed by atoms with Crippen molar-refractivity contribution < 1.29 is 29.3 Å². The molecule has 2 aliphatic rings. The van der Waals surface area contributed by atoms with Gasteiger partial charge in [-0.1, -0.05) is 34.1 Å². The number of nitrogens with zero attached hydrogens (tertiary/aromatic N) is 1. The number of Topliss-reactive ketones (excluding diaryl/α,β-unsaturated/α-hetero) is 1. The second-order valence-electron chi connectivity index (χ2n) is 11.5. The Hall–Kier alpha value is -1.61. The van der Waals surface area contributed by atoms with E-state index in [2.05, 4.69) is 11.9 Å². The molecular formula is C28H43NO6S. The van der Waals surface area contributed by atoms with Gasteiger partial charge in [0.05, 0.1) is 46.5 Å². The molecule has 0 amide bonds.